The minimum absolute atomic E-state index is 0.118. The lowest BCUT2D eigenvalue weighted by Crippen LogP contribution is -2.20. The zero-order chi connectivity index (χ0) is 13.7. The van der Waals surface area contributed by atoms with Crippen molar-refractivity contribution in [2.45, 2.75) is 19.4 Å². The minimum Gasteiger partial charge on any atom is -0.377 e. The van der Waals surface area contributed by atoms with Crippen LogP contribution in [0.1, 0.15) is 24.1 Å². The number of anilines is 1. The molecule has 100 valence electrons. The molecule has 0 saturated carbocycles. The molecule has 0 aliphatic carbocycles. The zero-order valence-corrected chi connectivity index (χ0v) is 11.8. The first-order valence-corrected chi connectivity index (χ1v) is 6.91. The van der Waals surface area contributed by atoms with E-state index >= 15 is 0 Å². The molecule has 0 aliphatic heterocycles. The van der Waals surface area contributed by atoms with Gasteiger partial charge in [0.05, 0.1) is 6.04 Å². The second-order valence-electron chi connectivity index (χ2n) is 4.53. The van der Waals surface area contributed by atoms with Crippen molar-refractivity contribution in [1.29, 1.82) is 0 Å². The summed E-state index contributed by atoms with van der Waals surface area (Å²) in [4.78, 5) is 0. The van der Waals surface area contributed by atoms with Crippen LogP contribution in [0.4, 0.5) is 5.69 Å². The normalized spacial score (nSPS) is 12.2. The summed E-state index contributed by atoms with van der Waals surface area (Å²) in [6, 6.07) is 16.4. The van der Waals surface area contributed by atoms with Crippen LogP contribution < -0.4 is 11.1 Å². The molecule has 0 bridgehead atoms. The molecule has 0 radical (unpaired) electrons. The van der Waals surface area contributed by atoms with E-state index in [4.69, 9.17) is 17.3 Å². The molecule has 2 nitrogen and oxygen atoms in total. The fourth-order valence-corrected chi connectivity index (χ4v) is 2.14. The highest BCUT2D eigenvalue weighted by molar-refractivity contribution is 6.30. The van der Waals surface area contributed by atoms with Gasteiger partial charge in [0.1, 0.15) is 0 Å². The van der Waals surface area contributed by atoms with Crippen LogP contribution >= 0.6 is 11.6 Å². The number of nitrogens with two attached hydrogens (primary N) is 1. The topological polar surface area (TPSA) is 38.0 Å². The maximum atomic E-state index is 5.88. The standard InChI is InChI=1S/C16H19ClN2/c1-2-12-3-5-13(6-4-12)16(11-18)19-15-9-7-14(17)8-10-15/h3-10,16,19H,2,11,18H2,1H3. The van der Waals surface area contributed by atoms with Crippen molar-refractivity contribution in [2.24, 2.45) is 5.73 Å². The first kappa shape index (κ1) is 13.9. The van der Waals surface area contributed by atoms with Crippen LogP contribution in [0.5, 0.6) is 0 Å². The molecule has 2 rings (SSSR count). The van der Waals surface area contributed by atoms with Gasteiger partial charge in [-0.25, -0.2) is 0 Å². The average Bonchev–Trinajstić information content (AvgIpc) is 2.47. The van der Waals surface area contributed by atoms with Crippen LogP contribution in [-0.4, -0.2) is 6.54 Å². The smallest absolute Gasteiger partial charge is 0.0636 e. The van der Waals surface area contributed by atoms with Gasteiger partial charge < -0.3 is 11.1 Å². The van der Waals surface area contributed by atoms with E-state index in [1.165, 1.54) is 11.1 Å². The van der Waals surface area contributed by atoms with E-state index in [-0.39, 0.29) is 6.04 Å². The van der Waals surface area contributed by atoms with Crippen LogP contribution in [0.2, 0.25) is 5.02 Å². The van der Waals surface area contributed by atoms with Gasteiger partial charge in [-0.1, -0.05) is 42.8 Å². The molecule has 0 spiro atoms. The van der Waals surface area contributed by atoms with Gasteiger partial charge in [-0.05, 0) is 41.8 Å². The number of nitrogens with one attached hydrogen (secondary N) is 1. The average molecular weight is 275 g/mol. The number of halogens is 1. The number of hydrogen-bond donors (Lipinski definition) is 2. The number of aryl methyl sites for hydroxylation is 1. The first-order chi connectivity index (χ1) is 9.22. The predicted octanol–water partition coefficient (Wildman–Crippen LogP) is 4.01. The molecule has 0 saturated heterocycles. The highest BCUT2D eigenvalue weighted by atomic mass is 35.5. The van der Waals surface area contributed by atoms with Gasteiger partial charge in [-0.2, -0.15) is 0 Å². The molecular formula is C16H19ClN2. The third-order valence-electron chi connectivity index (χ3n) is 3.21. The lowest BCUT2D eigenvalue weighted by Gasteiger charge is -2.19. The lowest BCUT2D eigenvalue weighted by atomic mass is 10.0. The van der Waals surface area contributed by atoms with E-state index in [0.717, 1.165) is 17.1 Å². The summed E-state index contributed by atoms with van der Waals surface area (Å²) in [6.07, 6.45) is 1.05. The van der Waals surface area contributed by atoms with E-state index in [1.807, 2.05) is 24.3 Å². The van der Waals surface area contributed by atoms with Crippen LogP contribution in [0.15, 0.2) is 48.5 Å². The van der Waals surface area contributed by atoms with Crippen molar-refractivity contribution in [3.05, 3.63) is 64.7 Å². The molecule has 3 N–H and O–H groups in total. The van der Waals surface area contributed by atoms with Gasteiger partial charge in [-0.15, -0.1) is 0 Å². The van der Waals surface area contributed by atoms with E-state index in [9.17, 15) is 0 Å². The Morgan fingerprint density at radius 3 is 2.21 bits per heavy atom. The summed E-state index contributed by atoms with van der Waals surface area (Å²) >= 11 is 5.88. The Hall–Kier alpha value is -1.51. The highest BCUT2D eigenvalue weighted by Crippen LogP contribution is 2.21. The molecular weight excluding hydrogens is 256 g/mol. The summed E-state index contributed by atoms with van der Waals surface area (Å²) in [7, 11) is 0. The molecule has 1 unspecified atom stereocenters. The lowest BCUT2D eigenvalue weighted by molar-refractivity contribution is 0.789. The van der Waals surface area contributed by atoms with Gasteiger partial charge in [0, 0.05) is 17.3 Å². The molecule has 19 heavy (non-hydrogen) atoms. The molecule has 2 aromatic rings. The number of hydrogen-bond acceptors (Lipinski definition) is 2. The third-order valence-corrected chi connectivity index (χ3v) is 3.46. The van der Waals surface area contributed by atoms with Crippen LogP contribution in [-0.2, 0) is 6.42 Å². The summed E-state index contributed by atoms with van der Waals surface area (Å²) in [5.41, 5.74) is 9.43. The van der Waals surface area contributed by atoms with E-state index in [2.05, 4.69) is 36.5 Å². The fraction of sp³-hybridized carbons (Fsp3) is 0.250. The van der Waals surface area contributed by atoms with E-state index < -0.39 is 0 Å². The number of benzene rings is 2. The maximum Gasteiger partial charge on any atom is 0.0636 e. The van der Waals surface area contributed by atoms with Crippen LogP contribution in [0.3, 0.4) is 0 Å². The van der Waals surface area contributed by atoms with Crippen LogP contribution in [0.25, 0.3) is 0 Å². The Balaban J connectivity index is 2.12. The van der Waals surface area contributed by atoms with Crippen molar-refractivity contribution in [3.8, 4) is 0 Å². The monoisotopic (exact) mass is 274 g/mol. The van der Waals surface area contributed by atoms with Gasteiger partial charge in [0.25, 0.3) is 0 Å². The Morgan fingerprint density at radius 2 is 1.68 bits per heavy atom. The number of rotatable bonds is 5. The molecule has 1 atom stereocenters. The van der Waals surface area contributed by atoms with Crippen molar-refractivity contribution < 1.29 is 0 Å². The Morgan fingerprint density at radius 1 is 1.05 bits per heavy atom. The molecule has 3 heteroatoms. The molecule has 0 fully saturated rings. The van der Waals surface area contributed by atoms with E-state index in [1.54, 1.807) is 0 Å². The summed E-state index contributed by atoms with van der Waals surface area (Å²) < 4.78 is 0. The fourth-order valence-electron chi connectivity index (χ4n) is 2.01. The van der Waals surface area contributed by atoms with Crippen molar-refractivity contribution in [2.75, 3.05) is 11.9 Å². The van der Waals surface area contributed by atoms with Crippen molar-refractivity contribution >= 4 is 17.3 Å². The molecule has 0 aromatic heterocycles. The molecule has 0 aliphatic rings. The summed E-state index contributed by atoms with van der Waals surface area (Å²) in [6.45, 7) is 2.70. The Labute approximate surface area is 119 Å². The van der Waals surface area contributed by atoms with Crippen molar-refractivity contribution in [3.63, 3.8) is 0 Å². The summed E-state index contributed by atoms with van der Waals surface area (Å²) in [5, 5.41) is 4.16. The first-order valence-electron chi connectivity index (χ1n) is 6.54. The SMILES string of the molecule is CCc1ccc(C(CN)Nc2ccc(Cl)cc2)cc1. The van der Waals surface area contributed by atoms with Crippen LogP contribution in [0, 0.1) is 0 Å². The highest BCUT2D eigenvalue weighted by Gasteiger charge is 2.09. The van der Waals surface area contributed by atoms with Gasteiger partial charge in [-0.3, -0.25) is 0 Å². The maximum absolute atomic E-state index is 5.88. The predicted molar refractivity (Wildman–Crippen MR) is 82.7 cm³/mol. The third kappa shape index (κ3) is 3.72. The second kappa shape index (κ2) is 6.60. The molecule has 2 aromatic carbocycles. The minimum atomic E-state index is 0.118. The molecule has 0 heterocycles. The van der Waals surface area contributed by atoms with Gasteiger partial charge >= 0.3 is 0 Å². The second-order valence-corrected chi connectivity index (χ2v) is 4.97. The summed E-state index contributed by atoms with van der Waals surface area (Å²) in [5.74, 6) is 0. The van der Waals surface area contributed by atoms with Crippen molar-refractivity contribution in [1.82, 2.24) is 0 Å². The quantitative estimate of drug-likeness (QED) is 0.864. The zero-order valence-electron chi connectivity index (χ0n) is 11.1. The Kier molecular flexibility index (Phi) is 4.83. The largest absolute Gasteiger partial charge is 0.377 e. The van der Waals surface area contributed by atoms with Gasteiger partial charge in [0.15, 0.2) is 0 Å². The van der Waals surface area contributed by atoms with E-state index in [0.29, 0.717) is 6.54 Å². The van der Waals surface area contributed by atoms with Gasteiger partial charge in [0.2, 0.25) is 0 Å². The molecule has 0 amide bonds. The Bertz CT molecular complexity index is 505.